The molecule has 0 radical (unpaired) electrons. The summed E-state index contributed by atoms with van der Waals surface area (Å²) in [4.78, 5) is 8.86. The smallest absolute Gasteiger partial charge is 0.149 e. The highest BCUT2D eigenvalue weighted by molar-refractivity contribution is 7.99. The number of benzene rings is 1. The second kappa shape index (κ2) is 5.35. The minimum absolute atomic E-state index is 0.0414. The van der Waals surface area contributed by atoms with E-state index in [1.807, 2.05) is 6.07 Å². The Hall–Kier alpha value is -1.33. The maximum atomic E-state index is 13.7. The maximum Gasteiger partial charge on any atom is 0.149 e. The average Bonchev–Trinajstić information content (AvgIpc) is 2.40. The van der Waals surface area contributed by atoms with Crippen LogP contribution in [0.5, 0.6) is 0 Å². The van der Waals surface area contributed by atoms with E-state index in [0.717, 1.165) is 22.6 Å². The topological polar surface area (TPSA) is 37.8 Å². The Kier molecular flexibility index (Phi) is 3.57. The van der Waals surface area contributed by atoms with Crippen molar-refractivity contribution < 1.29 is 4.39 Å². The molecule has 19 heavy (non-hydrogen) atoms. The molecule has 2 aromatic rings. The summed E-state index contributed by atoms with van der Waals surface area (Å²) in [6, 6.07) is 5.21. The number of thioether (sulfide) groups is 1. The zero-order valence-electron chi connectivity index (χ0n) is 9.94. The standard InChI is InChI=1S/C13H11ClFN3S/c14-11-6-16-7-12(18-11)17-10-4-5-19-13-8(10)2-1-3-9(13)15/h1-3,6-7,10H,4-5H2,(H,17,18). The molecule has 0 saturated carbocycles. The van der Waals surface area contributed by atoms with Gasteiger partial charge in [-0.25, -0.2) is 9.37 Å². The summed E-state index contributed by atoms with van der Waals surface area (Å²) in [5, 5.41) is 3.61. The van der Waals surface area contributed by atoms with E-state index in [0.29, 0.717) is 11.0 Å². The van der Waals surface area contributed by atoms with Crippen LogP contribution in [0, 0.1) is 5.82 Å². The molecule has 0 saturated heterocycles. The van der Waals surface area contributed by atoms with Gasteiger partial charge in [0.05, 0.1) is 18.4 Å². The molecule has 1 N–H and O–H groups in total. The van der Waals surface area contributed by atoms with Gasteiger partial charge in [-0.2, -0.15) is 0 Å². The van der Waals surface area contributed by atoms with Gasteiger partial charge in [0.1, 0.15) is 16.8 Å². The molecule has 1 aliphatic rings. The Labute approximate surface area is 119 Å². The van der Waals surface area contributed by atoms with Crippen molar-refractivity contribution in [3.05, 3.63) is 47.1 Å². The third kappa shape index (κ3) is 2.67. The molecule has 0 amide bonds. The molecule has 0 fully saturated rings. The van der Waals surface area contributed by atoms with E-state index in [2.05, 4.69) is 15.3 Å². The zero-order chi connectivity index (χ0) is 13.2. The maximum absolute atomic E-state index is 13.7. The van der Waals surface area contributed by atoms with Crippen LogP contribution in [0.2, 0.25) is 5.15 Å². The van der Waals surface area contributed by atoms with Gasteiger partial charge >= 0.3 is 0 Å². The normalized spacial score (nSPS) is 17.9. The van der Waals surface area contributed by atoms with Crippen LogP contribution in [-0.4, -0.2) is 15.7 Å². The van der Waals surface area contributed by atoms with Crippen LogP contribution in [0.4, 0.5) is 10.2 Å². The first-order valence-corrected chi connectivity index (χ1v) is 7.25. The third-order valence-corrected chi connectivity index (χ3v) is 4.29. The molecular formula is C13H11ClFN3S. The van der Waals surface area contributed by atoms with Gasteiger partial charge in [-0.15, -0.1) is 11.8 Å². The first-order chi connectivity index (χ1) is 9.24. The van der Waals surface area contributed by atoms with Crippen LogP contribution in [-0.2, 0) is 0 Å². The van der Waals surface area contributed by atoms with E-state index < -0.39 is 0 Å². The van der Waals surface area contributed by atoms with E-state index in [9.17, 15) is 4.39 Å². The monoisotopic (exact) mass is 295 g/mol. The fraction of sp³-hybridized carbons (Fsp3) is 0.231. The quantitative estimate of drug-likeness (QED) is 0.911. The van der Waals surface area contributed by atoms with Gasteiger partial charge in [-0.1, -0.05) is 23.7 Å². The number of nitrogens with one attached hydrogen (secondary N) is 1. The Bertz CT molecular complexity index is 608. The molecule has 1 aromatic carbocycles. The fourth-order valence-corrected chi connectivity index (χ4v) is 3.41. The molecule has 98 valence electrons. The lowest BCUT2D eigenvalue weighted by Crippen LogP contribution is -2.17. The zero-order valence-corrected chi connectivity index (χ0v) is 11.5. The van der Waals surface area contributed by atoms with Gasteiger partial charge in [0.2, 0.25) is 0 Å². The van der Waals surface area contributed by atoms with Crippen molar-refractivity contribution >= 4 is 29.2 Å². The molecular weight excluding hydrogens is 285 g/mol. The van der Waals surface area contributed by atoms with Crippen molar-refractivity contribution in [2.75, 3.05) is 11.1 Å². The Morgan fingerprint density at radius 3 is 3.11 bits per heavy atom. The molecule has 0 spiro atoms. The first kappa shape index (κ1) is 12.7. The summed E-state index contributed by atoms with van der Waals surface area (Å²) in [7, 11) is 0. The molecule has 1 atom stereocenters. The number of fused-ring (bicyclic) bond motifs is 1. The van der Waals surface area contributed by atoms with Gasteiger partial charge < -0.3 is 5.32 Å². The lowest BCUT2D eigenvalue weighted by molar-refractivity contribution is 0.584. The van der Waals surface area contributed by atoms with Gasteiger partial charge in [0.25, 0.3) is 0 Å². The number of rotatable bonds is 2. The van der Waals surface area contributed by atoms with Gasteiger partial charge in [0, 0.05) is 10.6 Å². The van der Waals surface area contributed by atoms with Crippen LogP contribution < -0.4 is 5.32 Å². The largest absolute Gasteiger partial charge is 0.362 e. The van der Waals surface area contributed by atoms with E-state index in [1.54, 1.807) is 24.0 Å². The first-order valence-electron chi connectivity index (χ1n) is 5.89. The van der Waals surface area contributed by atoms with Crippen LogP contribution in [0.15, 0.2) is 35.5 Å². The molecule has 6 heteroatoms. The molecule has 0 aliphatic carbocycles. The van der Waals surface area contributed by atoms with Crippen molar-refractivity contribution in [1.29, 1.82) is 0 Å². The lowest BCUT2D eigenvalue weighted by atomic mass is 10.0. The highest BCUT2D eigenvalue weighted by Gasteiger charge is 2.23. The van der Waals surface area contributed by atoms with Crippen molar-refractivity contribution in [2.45, 2.75) is 17.4 Å². The van der Waals surface area contributed by atoms with E-state index in [-0.39, 0.29) is 11.9 Å². The second-order valence-electron chi connectivity index (χ2n) is 4.22. The van der Waals surface area contributed by atoms with E-state index in [4.69, 9.17) is 11.6 Å². The number of aromatic nitrogens is 2. The second-order valence-corrected chi connectivity index (χ2v) is 5.71. The molecule has 2 heterocycles. The number of halogens is 2. The molecule has 3 nitrogen and oxygen atoms in total. The SMILES string of the molecule is Fc1cccc2c1SCCC2Nc1cncc(Cl)n1. The van der Waals surface area contributed by atoms with Crippen LogP contribution in [0.25, 0.3) is 0 Å². The summed E-state index contributed by atoms with van der Waals surface area (Å²) in [5.41, 5.74) is 0.970. The third-order valence-electron chi connectivity index (χ3n) is 2.95. The van der Waals surface area contributed by atoms with Crippen molar-refractivity contribution in [2.24, 2.45) is 0 Å². The summed E-state index contributed by atoms with van der Waals surface area (Å²) in [6.07, 6.45) is 4.01. The highest BCUT2D eigenvalue weighted by atomic mass is 35.5. The molecule has 0 bridgehead atoms. The fourth-order valence-electron chi connectivity index (χ4n) is 2.13. The summed E-state index contributed by atoms with van der Waals surface area (Å²) in [6.45, 7) is 0. The Morgan fingerprint density at radius 2 is 2.26 bits per heavy atom. The Balaban J connectivity index is 1.90. The molecule has 1 aliphatic heterocycles. The molecule has 1 unspecified atom stereocenters. The summed E-state index contributed by atoms with van der Waals surface area (Å²) < 4.78 is 13.7. The predicted molar refractivity (Wildman–Crippen MR) is 75.1 cm³/mol. The van der Waals surface area contributed by atoms with Gasteiger partial charge in [-0.3, -0.25) is 4.98 Å². The minimum atomic E-state index is -0.161. The van der Waals surface area contributed by atoms with Crippen molar-refractivity contribution in [1.82, 2.24) is 9.97 Å². The van der Waals surface area contributed by atoms with E-state index in [1.165, 1.54) is 12.3 Å². The number of anilines is 1. The Morgan fingerprint density at radius 1 is 1.37 bits per heavy atom. The van der Waals surface area contributed by atoms with Crippen molar-refractivity contribution in [3.63, 3.8) is 0 Å². The van der Waals surface area contributed by atoms with Crippen LogP contribution in [0.1, 0.15) is 18.0 Å². The number of hydrogen-bond acceptors (Lipinski definition) is 4. The van der Waals surface area contributed by atoms with Crippen LogP contribution in [0.3, 0.4) is 0 Å². The summed E-state index contributed by atoms with van der Waals surface area (Å²) >= 11 is 7.37. The van der Waals surface area contributed by atoms with Gasteiger partial charge in [0.15, 0.2) is 0 Å². The van der Waals surface area contributed by atoms with Gasteiger partial charge in [-0.05, 0) is 18.1 Å². The van der Waals surface area contributed by atoms with Crippen molar-refractivity contribution in [3.8, 4) is 0 Å². The van der Waals surface area contributed by atoms with E-state index >= 15 is 0 Å². The van der Waals surface area contributed by atoms with Crippen LogP contribution >= 0.6 is 23.4 Å². The predicted octanol–water partition coefficient (Wildman–Crippen LogP) is 3.92. The molecule has 1 aromatic heterocycles. The summed E-state index contributed by atoms with van der Waals surface area (Å²) in [5.74, 6) is 1.32. The molecule has 3 rings (SSSR count). The number of nitrogens with zero attached hydrogens (tertiary/aromatic N) is 2. The minimum Gasteiger partial charge on any atom is -0.362 e. The average molecular weight is 296 g/mol. The highest BCUT2D eigenvalue weighted by Crippen LogP contribution is 2.39. The number of hydrogen-bond donors (Lipinski definition) is 1. The lowest BCUT2D eigenvalue weighted by Gasteiger charge is -2.26.